The topological polar surface area (TPSA) is 38.3 Å². The molecule has 2 aromatic carbocycles. The van der Waals surface area contributed by atoms with Crippen molar-refractivity contribution < 1.29 is 9.53 Å². The second-order valence-electron chi connectivity index (χ2n) is 5.11. The quantitative estimate of drug-likeness (QED) is 0.859. The van der Waals surface area contributed by atoms with E-state index in [1.54, 1.807) is 24.3 Å². The summed E-state index contributed by atoms with van der Waals surface area (Å²) in [5.41, 5.74) is 1.07. The van der Waals surface area contributed by atoms with Crippen molar-refractivity contribution in [3.63, 3.8) is 0 Å². The highest BCUT2D eigenvalue weighted by molar-refractivity contribution is 6.30. The molecule has 0 bridgehead atoms. The molecule has 0 spiro atoms. The summed E-state index contributed by atoms with van der Waals surface area (Å²) in [5.74, 6) is 0.521. The lowest BCUT2D eigenvalue weighted by Gasteiger charge is -2.20. The van der Waals surface area contributed by atoms with Crippen molar-refractivity contribution in [3.8, 4) is 5.75 Å². The molecule has 0 saturated heterocycles. The molecular weight excluding hydrogens is 298 g/mol. The molecule has 0 heterocycles. The van der Waals surface area contributed by atoms with Crippen LogP contribution in [0.3, 0.4) is 0 Å². The summed E-state index contributed by atoms with van der Waals surface area (Å²) >= 11 is 5.85. The van der Waals surface area contributed by atoms with E-state index >= 15 is 0 Å². The maximum atomic E-state index is 12.4. The van der Waals surface area contributed by atoms with E-state index in [1.807, 2.05) is 44.2 Å². The third-order valence-electron chi connectivity index (χ3n) is 3.41. The van der Waals surface area contributed by atoms with Crippen LogP contribution in [0.5, 0.6) is 5.75 Å². The zero-order valence-electron chi connectivity index (χ0n) is 12.8. The molecule has 0 aliphatic heterocycles. The lowest BCUT2D eigenvalue weighted by atomic mass is 10.1. The van der Waals surface area contributed by atoms with E-state index < -0.39 is 6.10 Å². The van der Waals surface area contributed by atoms with Gasteiger partial charge in [0.1, 0.15) is 5.75 Å². The molecule has 2 aromatic rings. The number of benzene rings is 2. The van der Waals surface area contributed by atoms with Gasteiger partial charge in [-0.3, -0.25) is 4.79 Å². The molecule has 0 unspecified atom stereocenters. The minimum atomic E-state index is -0.521. The summed E-state index contributed by atoms with van der Waals surface area (Å²) in [6.07, 6.45) is 0.0722. The number of hydrogen-bond acceptors (Lipinski definition) is 2. The Labute approximate surface area is 136 Å². The van der Waals surface area contributed by atoms with Gasteiger partial charge in [0, 0.05) is 5.02 Å². The number of hydrogen-bond donors (Lipinski definition) is 1. The van der Waals surface area contributed by atoms with Gasteiger partial charge in [-0.1, -0.05) is 48.9 Å². The first kappa shape index (κ1) is 16.4. The molecule has 2 atom stereocenters. The smallest absolute Gasteiger partial charge is 0.261 e. The Morgan fingerprint density at radius 3 is 2.36 bits per heavy atom. The van der Waals surface area contributed by atoms with E-state index in [0.717, 1.165) is 5.56 Å². The van der Waals surface area contributed by atoms with Crippen molar-refractivity contribution in [2.75, 3.05) is 0 Å². The number of halogens is 1. The summed E-state index contributed by atoms with van der Waals surface area (Å²) in [5, 5.41) is 3.63. The zero-order valence-corrected chi connectivity index (χ0v) is 13.5. The van der Waals surface area contributed by atoms with Crippen molar-refractivity contribution in [1.82, 2.24) is 5.32 Å². The van der Waals surface area contributed by atoms with Crippen LogP contribution >= 0.6 is 11.6 Å². The fraction of sp³-hybridized carbons (Fsp3) is 0.278. The average molecular weight is 318 g/mol. The first-order valence-electron chi connectivity index (χ1n) is 7.37. The van der Waals surface area contributed by atoms with Gasteiger partial charge in [-0.25, -0.2) is 0 Å². The maximum Gasteiger partial charge on any atom is 0.261 e. The van der Waals surface area contributed by atoms with Crippen molar-refractivity contribution in [2.45, 2.75) is 32.4 Å². The number of amides is 1. The van der Waals surface area contributed by atoms with Crippen LogP contribution in [-0.4, -0.2) is 12.0 Å². The molecule has 0 aromatic heterocycles. The molecule has 1 N–H and O–H groups in total. The van der Waals surface area contributed by atoms with E-state index in [-0.39, 0.29) is 11.9 Å². The van der Waals surface area contributed by atoms with Gasteiger partial charge in [-0.15, -0.1) is 0 Å². The Balaban J connectivity index is 1.98. The van der Waals surface area contributed by atoms with Crippen LogP contribution in [0.2, 0.25) is 5.02 Å². The van der Waals surface area contributed by atoms with Gasteiger partial charge >= 0.3 is 0 Å². The molecule has 22 heavy (non-hydrogen) atoms. The lowest BCUT2D eigenvalue weighted by molar-refractivity contribution is -0.128. The van der Waals surface area contributed by atoms with Crippen LogP contribution in [0, 0.1) is 0 Å². The van der Waals surface area contributed by atoms with Crippen LogP contribution in [0.15, 0.2) is 54.6 Å². The molecule has 0 saturated carbocycles. The van der Waals surface area contributed by atoms with E-state index in [0.29, 0.717) is 17.2 Å². The second-order valence-corrected chi connectivity index (χ2v) is 5.55. The Hall–Kier alpha value is -2.00. The molecule has 4 heteroatoms. The molecule has 0 radical (unpaired) electrons. The minimum Gasteiger partial charge on any atom is -0.481 e. The molecular formula is C18H20ClNO2. The van der Waals surface area contributed by atoms with E-state index in [4.69, 9.17) is 16.3 Å². The van der Waals surface area contributed by atoms with E-state index in [1.165, 1.54) is 0 Å². The molecule has 0 aliphatic carbocycles. The third-order valence-corrected chi connectivity index (χ3v) is 3.67. The highest BCUT2D eigenvalue weighted by atomic mass is 35.5. The van der Waals surface area contributed by atoms with Crippen molar-refractivity contribution in [3.05, 3.63) is 65.2 Å². The Bertz CT molecular complexity index is 598. The third kappa shape index (κ3) is 4.50. The van der Waals surface area contributed by atoms with Gasteiger partial charge in [0.15, 0.2) is 6.10 Å². The average Bonchev–Trinajstić information content (AvgIpc) is 2.55. The second kappa shape index (κ2) is 7.85. The van der Waals surface area contributed by atoms with E-state index in [9.17, 15) is 4.79 Å². The van der Waals surface area contributed by atoms with Gasteiger partial charge in [0.2, 0.25) is 0 Å². The summed E-state index contributed by atoms with van der Waals surface area (Å²) < 4.78 is 5.75. The van der Waals surface area contributed by atoms with Gasteiger partial charge in [0.05, 0.1) is 6.04 Å². The summed E-state index contributed by atoms with van der Waals surface area (Å²) in [6, 6.07) is 16.8. The van der Waals surface area contributed by atoms with Crippen LogP contribution in [0.1, 0.15) is 31.9 Å². The highest BCUT2D eigenvalue weighted by Crippen LogP contribution is 2.18. The summed E-state index contributed by atoms with van der Waals surface area (Å²) in [4.78, 5) is 12.4. The van der Waals surface area contributed by atoms with Gasteiger partial charge in [-0.05, 0) is 43.2 Å². The Kier molecular flexibility index (Phi) is 5.84. The minimum absolute atomic E-state index is 0.0587. The van der Waals surface area contributed by atoms with Gasteiger partial charge in [-0.2, -0.15) is 0 Å². The summed E-state index contributed by atoms with van der Waals surface area (Å²) in [6.45, 7) is 3.88. The summed E-state index contributed by atoms with van der Waals surface area (Å²) in [7, 11) is 0. The molecule has 3 nitrogen and oxygen atoms in total. The monoisotopic (exact) mass is 317 g/mol. The molecule has 2 rings (SSSR count). The Morgan fingerprint density at radius 2 is 1.77 bits per heavy atom. The van der Waals surface area contributed by atoms with Crippen molar-refractivity contribution >= 4 is 17.5 Å². The van der Waals surface area contributed by atoms with Gasteiger partial charge in [0.25, 0.3) is 5.91 Å². The predicted molar refractivity (Wildman–Crippen MR) is 89.2 cm³/mol. The van der Waals surface area contributed by atoms with Crippen molar-refractivity contribution in [1.29, 1.82) is 0 Å². The first-order valence-corrected chi connectivity index (χ1v) is 7.75. The maximum absolute atomic E-state index is 12.4. The van der Waals surface area contributed by atoms with Gasteiger partial charge < -0.3 is 10.1 Å². The van der Waals surface area contributed by atoms with Crippen LogP contribution in [0.4, 0.5) is 0 Å². The number of rotatable bonds is 6. The number of nitrogens with one attached hydrogen (secondary N) is 1. The van der Waals surface area contributed by atoms with Crippen LogP contribution in [0.25, 0.3) is 0 Å². The molecule has 116 valence electrons. The standard InChI is InChI=1S/C18H20ClNO2/c1-3-17(22-16-11-9-15(19)10-12-16)18(21)20-13(2)14-7-5-4-6-8-14/h4-13,17H,3H2,1-2H3,(H,20,21)/t13-,17+/m1/s1. The lowest BCUT2D eigenvalue weighted by Crippen LogP contribution is -2.39. The Morgan fingerprint density at radius 1 is 1.14 bits per heavy atom. The fourth-order valence-corrected chi connectivity index (χ4v) is 2.26. The molecule has 0 fully saturated rings. The normalized spacial score (nSPS) is 13.2. The predicted octanol–water partition coefficient (Wildman–Crippen LogP) is 4.37. The van der Waals surface area contributed by atoms with E-state index in [2.05, 4.69) is 5.32 Å². The molecule has 0 aliphatic rings. The highest BCUT2D eigenvalue weighted by Gasteiger charge is 2.20. The fourth-order valence-electron chi connectivity index (χ4n) is 2.13. The number of carbonyl (C=O) groups is 1. The van der Waals surface area contributed by atoms with Crippen LogP contribution < -0.4 is 10.1 Å². The SMILES string of the molecule is CC[C@H](Oc1ccc(Cl)cc1)C(=O)N[C@H](C)c1ccccc1. The number of carbonyl (C=O) groups excluding carboxylic acids is 1. The zero-order chi connectivity index (χ0) is 15.9. The van der Waals surface area contributed by atoms with Crippen LogP contribution in [-0.2, 0) is 4.79 Å². The molecule has 1 amide bonds. The largest absolute Gasteiger partial charge is 0.481 e. The number of ether oxygens (including phenoxy) is 1. The first-order chi connectivity index (χ1) is 10.6. The van der Waals surface area contributed by atoms with Crippen molar-refractivity contribution in [2.24, 2.45) is 0 Å².